The molecule has 1 saturated heterocycles. The van der Waals surface area contributed by atoms with Gasteiger partial charge >= 0.3 is 0 Å². The predicted octanol–water partition coefficient (Wildman–Crippen LogP) is 3.67. The summed E-state index contributed by atoms with van der Waals surface area (Å²) in [5.74, 6) is 1.43. The zero-order valence-corrected chi connectivity index (χ0v) is 15.8. The Kier molecular flexibility index (Phi) is 7.11. The molecule has 1 atom stereocenters. The van der Waals surface area contributed by atoms with Crippen molar-refractivity contribution < 1.29 is 19.0 Å². The van der Waals surface area contributed by atoms with Crippen molar-refractivity contribution in [3.05, 3.63) is 59.7 Å². The molecule has 1 amide bonds. The Morgan fingerprint density at radius 1 is 1.11 bits per heavy atom. The summed E-state index contributed by atoms with van der Waals surface area (Å²) < 4.78 is 17.0. The highest BCUT2D eigenvalue weighted by atomic mass is 16.5. The van der Waals surface area contributed by atoms with Crippen LogP contribution in [0.25, 0.3) is 0 Å². The molecule has 2 aromatic carbocycles. The number of hydrogen-bond acceptors (Lipinski definition) is 4. The Bertz CT molecular complexity index is 722. The second-order valence-corrected chi connectivity index (χ2v) is 6.65. The van der Waals surface area contributed by atoms with E-state index in [1.165, 1.54) is 5.56 Å². The van der Waals surface area contributed by atoms with Crippen LogP contribution in [0.4, 0.5) is 0 Å². The smallest absolute Gasteiger partial charge is 0.246 e. The molecule has 5 heteroatoms. The van der Waals surface area contributed by atoms with Crippen LogP contribution in [0.1, 0.15) is 36.5 Å². The predicted molar refractivity (Wildman–Crippen MR) is 104 cm³/mol. The first-order chi connectivity index (χ1) is 13.3. The molecule has 0 aromatic heterocycles. The lowest BCUT2D eigenvalue weighted by Crippen LogP contribution is -2.38. The number of ether oxygens (including phenoxy) is 3. The molecule has 1 heterocycles. The number of hydrogen-bond donors (Lipinski definition) is 1. The number of benzene rings is 2. The third-order valence-electron chi connectivity index (χ3n) is 4.68. The van der Waals surface area contributed by atoms with Crippen molar-refractivity contribution in [1.29, 1.82) is 0 Å². The standard InChI is InChI=1S/C22H27NO4/c1-25-18-11-12-19(21-15-23-22(24)16-27-21)20(14-18)26-13-7-3-6-10-17-8-4-2-5-9-17/h2,4-5,8-9,11-12,14,21H,3,6-7,10,13,15-16H2,1H3,(H,23,24). The number of carbonyl (C=O) groups is 1. The minimum absolute atomic E-state index is 0.0790. The Hall–Kier alpha value is -2.53. The zero-order valence-electron chi connectivity index (χ0n) is 15.8. The van der Waals surface area contributed by atoms with E-state index in [1.807, 2.05) is 24.3 Å². The van der Waals surface area contributed by atoms with Crippen molar-refractivity contribution in [1.82, 2.24) is 5.32 Å². The van der Waals surface area contributed by atoms with Gasteiger partial charge in [-0.2, -0.15) is 0 Å². The summed E-state index contributed by atoms with van der Waals surface area (Å²) >= 11 is 0. The number of nitrogens with one attached hydrogen (secondary N) is 1. The number of methoxy groups -OCH3 is 1. The van der Waals surface area contributed by atoms with Gasteiger partial charge in [-0.05, 0) is 43.4 Å². The fourth-order valence-electron chi connectivity index (χ4n) is 3.16. The van der Waals surface area contributed by atoms with Gasteiger partial charge in [0.15, 0.2) is 0 Å². The van der Waals surface area contributed by atoms with Gasteiger partial charge in [-0.3, -0.25) is 4.79 Å². The monoisotopic (exact) mass is 369 g/mol. The maximum Gasteiger partial charge on any atom is 0.246 e. The van der Waals surface area contributed by atoms with Crippen LogP contribution in [0.2, 0.25) is 0 Å². The maximum absolute atomic E-state index is 11.3. The zero-order chi connectivity index (χ0) is 18.9. The van der Waals surface area contributed by atoms with E-state index < -0.39 is 0 Å². The van der Waals surface area contributed by atoms with Gasteiger partial charge in [-0.1, -0.05) is 30.3 Å². The van der Waals surface area contributed by atoms with Crippen LogP contribution in [0, 0.1) is 0 Å². The molecule has 0 saturated carbocycles. The van der Waals surface area contributed by atoms with Crippen molar-refractivity contribution in [2.45, 2.75) is 31.8 Å². The SMILES string of the molecule is COc1ccc(C2CNC(=O)CO2)c(OCCCCCc2ccccc2)c1. The molecule has 1 fully saturated rings. The van der Waals surface area contributed by atoms with Crippen LogP contribution >= 0.6 is 0 Å². The van der Waals surface area contributed by atoms with Gasteiger partial charge in [-0.15, -0.1) is 0 Å². The van der Waals surface area contributed by atoms with E-state index in [0.717, 1.165) is 42.7 Å². The van der Waals surface area contributed by atoms with Crippen molar-refractivity contribution in [2.75, 3.05) is 26.9 Å². The van der Waals surface area contributed by atoms with Crippen LogP contribution in [0.5, 0.6) is 11.5 Å². The molecular weight excluding hydrogens is 342 g/mol. The van der Waals surface area contributed by atoms with Gasteiger partial charge in [0.2, 0.25) is 5.91 Å². The lowest BCUT2D eigenvalue weighted by molar-refractivity contribution is -0.133. The highest BCUT2D eigenvalue weighted by Crippen LogP contribution is 2.32. The molecule has 1 aliphatic rings. The summed E-state index contributed by atoms with van der Waals surface area (Å²) in [7, 11) is 1.64. The van der Waals surface area contributed by atoms with Crippen molar-refractivity contribution in [2.24, 2.45) is 0 Å². The van der Waals surface area contributed by atoms with Gasteiger partial charge in [-0.25, -0.2) is 0 Å². The first kappa shape index (κ1) is 19.2. The Labute approximate surface area is 160 Å². The molecule has 3 rings (SSSR count). The quantitative estimate of drug-likeness (QED) is 0.685. The molecule has 0 aliphatic carbocycles. The van der Waals surface area contributed by atoms with Crippen molar-refractivity contribution in [3.8, 4) is 11.5 Å². The Balaban J connectivity index is 1.49. The average Bonchev–Trinajstić information content (AvgIpc) is 2.72. The number of rotatable bonds is 9. The second kappa shape index (κ2) is 9.97. The van der Waals surface area contributed by atoms with Crippen LogP contribution in [-0.4, -0.2) is 32.8 Å². The van der Waals surface area contributed by atoms with E-state index in [1.54, 1.807) is 7.11 Å². The van der Waals surface area contributed by atoms with E-state index in [9.17, 15) is 4.79 Å². The fourth-order valence-corrected chi connectivity index (χ4v) is 3.16. The molecule has 1 unspecified atom stereocenters. The minimum atomic E-state index is -0.193. The highest BCUT2D eigenvalue weighted by Gasteiger charge is 2.23. The van der Waals surface area contributed by atoms with E-state index >= 15 is 0 Å². The van der Waals surface area contributed by atoms with Crippen molar-refractivity contribution >= 4 is 5.91 Å². The molecule has 0 spiro atoms. The van der Waals surface area contributed by atoms with Crippen LogP contribution < -0.4 is 14.8 Å². The lowest BCUT2D eigenvalue weighted by Gasteiger charge is -2.25. The summed E-state index contributed by atoms with van der Waals surface area (Å²) in [4.78, 5) is 11.3. The van der Waals surface area contributed by atoms with Gasteiger partial charge in [0.05, 0.1) is 13.7 Å². The van der Waals surface area contributed by atoms with Crippen molar-refractivity contribution in [3.63, 3.8) is 0 Å². The fraction of sp³-hybridized carbons (Fsp3) is 0.409. The largest absolute Gasteiger partial charge is 0.497 e. The van der Waals surface area contributed by atoms with E-state index in [2.05, 4.69) is 29.6 Å². The van der Waals surface area contributed by atoms with Gasteiger partial charge < -0.3 is 19.5 Å². The van der Waals surface area contributed by atoms with Crippen LogP contribution in [0.3, 0.4) is 0 Å². The summed E-state index contributed by atoms with van der Waals surface area (Å²) in [6, 6.07) is 16.3. The Morgan fingerprint density at radius 2 is 1.96 bits per heavy atom. The topological polar surface area (TPSA) is 56.8 Å². The van der Waals surface area contributed by atoms with Gasteiger partial charge in [0, 0.05) is 18.2 Å². The maximum atomic E-state index is 11.3. The first-order valence-corrected chi connectivity index (χ1v) is 9.49. The number of morpholine rings is 1. The number of carbonyl (C=O) groups excluding carboxylic acids is 1. The number of unbranched alkanes of at least 4 members (excludes halogenated alkanes) is 2. The lowest BCUT2D eigenvalue weighted by atomic mass is 10.1. The molecule has 1 aliphatic heterocycles. The molecular formula is C22H27NO4. The molecule has 0 radical (unpaired) electrons. The van der Waals surface area contributed by atoms with Gasteiger partial charge in [0.25, 0.3) is 0 Å². The summed E-state index contributed by atoms with van der Waals surface area (Å²) in [6.07, 6.45) is 4.16. The molecule has 2 aromatic rings. The van der Waals surface area contributed by atoms with Gasteiger partial charge in [0.1, 0.15) is 24.2 Å². The normalized spacial score (nSPS) is 16.6. The Morgan fingerprint density at radius 3 is 2.70 bits per heavy atom. The third-order valence-corrected chi connectivity index (χ3v) is 4.68. The molecule has 144 valence electrons. The van der Waals surface area contributed by atoms with Crippen LogP contribution in [-0.2, 0) is 16.0 Å². The van der Waals surface area contributed by atoms with E-state index in [0.29, 0.717) is 13.2 Å². The summed E-state index contributed by atoms with van der Waals surface area (Å²) in [6.45, 7) is 1.18. The molecule has 5 nitrogen and oxygen atoms in total. The molecule has 0 bridgehead atoms. The molecule has 27 heavy (non-hydrogen) atoms. The first-order valence-electron chi connectivity index (χ1n) is 9.49. The molecule has 1 N–H and O–H groups in total. The summed E-state index contributed by atoms with van der Waals surface area (Å²) in [5.41, 5.74) is 2.32. The second-order valence-electron chi connectivity index (χ2n) is 6.65. The summed E-state index contributed by atoms with van der Waals surface area (Å²) in [5, 5.41) is 2.84. The van der Waals surface area contributed by atoms with Crippen LogP contribution in [0.15, 0.2) is 48.5 Å². The third kappa shape index (κ3) is 5.73. The van der Waals surface area contributed by atoms with E-state index in [4.69, 9.17) is 14.2 Å². The number of amides is 1. The average molecular weight is 369 g/mol. The minimum Gasteiger partial charge on any atom is -0.497 e. The highest BCUT2D eigenvalue weighted by molar-refractivity contribution is 5.77. The number of aryl methyl sites for hydroxylation is 1. The van der Waals surface area contributed by atoms with E-state index in [-0.39, 0.29) is 18.6 Å².